The molecule has 0 aliphatic heterocycles. The van der Waals surface area contributed by atoms with E-state index in [-0.39, 0.29) is 35.2 Å². The summed E-state index contributed by atoms with van der Waals surface area (Å²) in [5, 5.41) is 17.9. The highest BCUT2D eigenvalue weighted by atomic mass is 35.5. The van der Waals surface area contributed by atoms with Gasteiger partial charge < -0.3 is 20.7 Å². The maximum Gasteiger partial charge on any atom is 0.335 e. The Morgan fingerprint density at radius 3 is 2.50 bits per heavy atom. The van der Waals surface area contributed by atoms with Crippen LogP contribution in [0.2, 0.25) is 0 Å². The molecule has 5 nitrogen and oxygen atoms in total. The van der Waals surface area contributed by atoms with Gasteiger partial charge in [-0.2, -0.15) is 0 Å². The summed E-state index contributed by atoms with van der Waals surface area (Å²) in [5.41, 5.74) is 5.30. The van der Waals surface area contributed by atoms with E-state index >= 15 is 0 Å². The van der Waals surface area contributed by atoms with Gasteiger partial charge in [-0.15, -0.1) is 12.4 Å². The van der Waals surface area contributed by atoms with Crippen LogP contribution in [-0.4, -0.2) is 23.3 Å². The lowest BCUT2D eigenvalue weighted by Gasteiger charge is -2.06. The van der Waals surface area contributed by atoms with Crippen molar-refractivity contribution in [2.24, 2.45) is 0 Å². The monoisotopic (exact) mass is 219 g/mol. The topological polar surface area (TPSA) is 92.8 Å². The van der Waals surface area contributed by atoms with Crippen molar-refractivity contribution in [1.29, 1.82) is 0 Å². The molecule has 0 unspecified atom stereocenters. The summed E-state index contributed by atoms with van der Waals surface area (Å²) in [6.45, 7) is 0. The predicted molar refractivity (Wildman–Crippen MR) is 53.3 cm³/mol. The number of methoxy groups -OCH3 is 1. The summed E-state index contributed by atoms with van der Waals surface area (Å²) in [6, 6.07) is 2.37. The molecule has 0 aliphatic rings. The Kier molecular flexibility index (Phi) is 4.04. The number of rotatable bonds is 2. The predicted octanol–water partition coefficient (Wildman–Crippen LogP) is 1.10. The van der Waals surface area contributed by atoms with E-state index in [0.29, 0.717) is 0 Å². The van der Waals surface area contributed by atoms with Gasteiger partial charge in [-0.25, -0.2) is 4.79 Å². The first-order valence-electron chi connectivity index (χ1n) is 3.46. The smallest absolute Gasteiger partial charge is 0.335 e. The number of halogens is 1. The van der Waals surface area contributed by atoms with Crippen LogP contribution in [0.4, 0.5) is 5.69 Å². The quantitative estimate of drug-likeness (QED) is 0.512. The van der Waals surface area contributed by atoms with Crippen LogP contribution in [0.1, 0.15) is 10.4 Å². The largest absolute Gasteiger partial charge is 0.503 e. The molecule has 78 valence electrons. The molecule has 6 heteroatoms. The number of carboxylic acid groups (broad SMARTS) is 1. The normalized spacial score (nSPS) is 8.93. The highest BCUT2D eigenvalue weighted by Crippen LogP contribution is 2.33. The van der Waals surface area contributed by atoms with E-state index in [4.69, 9.17) is 15.6 Å². The Balaban J connectivity index is 0.00000169. The number of phenols is 1. The van der Waals surface area contributed by atoms with Crippen LogP contribution in [-0.2, 0) is 0 Å². The minimum Gasteiger partial charge on any atom is -0.503 e. The van der Waals surface area contributed by atoms with E-state index in [0.717, 1.165) is 0 Å². The third kappa shape index (κ3) is 2.20. The standard InChI is InChI=1S/C8H9NO4.ClH/c1-13-6-3-4(8(11)12)2-5(9)7(6)10;/h2-3,10H,9H2,1H3,(H,11,12);1H. The number of nitrogen functional groups attached to an aromatic ring is 1. The summed E-state index contributed by atoms with van der Waals surface area (Å²) in [4.78, 5) is 10.5. The molecule has 0 saturated carbocycles. The SMILES string of the molecule is COc1cc(C(=O)O)cc(N)c1O.Cl. The minimum absolute atomic E-state index is 0. The Labute approximate surface area is 86.5 Å². The van der Waals surface area contributed by atoms with Crippen molar-refractivity contribution in [1.82, 2.24) is 0 Å². The molecule has 0 bridgehead atoms. The highest BCUT2D eigenvalue weighted by Gasteiger charge is 2.11. The molecule has 0 aliphatic carbocycles. The zero-order valence-corrected chi connectivity index (χ0v) is 8.17. The van der Waals surface area contributed by atoms with Crippen LogP contribution in [0.3, 0.4) is 0 Å². The maximum absolute atomic E-state index is 10.5. The maximum atomic E-state index is 10.5. The van der Waals surface area contributed by atoms with Crippen LogP contribution in [0.5, 0.6) is 11.5 Å². The molecule has 0 radical (unpaired) electrons. The second-order valence-corrected chi connectivity index (χ2v) is 2.42. The molecule has 0 atom stereocenters. The highest BCUT2D eigenvalue weighted by molar-refractivity contribution is 5.90. The van der Waals surface area contributed by atoms with E-state index < -0.39 is 5.97 Å². The number of hydrogen-bond acceptors (Lipinski definition) is 4. The summed E-state index contributed by atoms with van der Waals surface area (Å²) in [5.74, 6) is -1.31. The second-order valence-electron chi connectivity index (χ2n) is 2.42. The average molecular weight is 220 g/mol. The van der Waals surface area contributed by atoms with Crippen molar-refractivity contribution in [3.63, 3.8) is 0 Å². The van der Waals surface area contributed by atoms with Crippen molar-refractivity contribution in [2.75, 3.05) is 12.8 Å². The molecule has 0 fully saturated rings. The van der Waals surface area contributed by atoms with E-state index in [2.05, 4.69) is 0 Å². The summed E-state index contributed by atoms with van der Waals surface area (Å²) >= 11 is 0. The molecule has 4 N–H and O–H groups in total. The molecule has 0 amide bonds. The van der Waals surface area contributed by atoms with Gasteiger partial charge in [0, 0.05) is 0 Å². The molecule has 0 aromatic heterocycles. The number of aromatic hydroxyl groups is 1. The molecule has 1 aromatic carbocycles. The molecule has 1 aromatic rings. The van der Waals surface area contributed by atoms with Crippen molar-refractivity contribution < 1.29 is 19.7 Å². The molecule has 0 saturated heterocycles. The van der Waals surface area contributed by atoms with Gasteiger partial charge in [0.15, 0.2) is 11.5 Å². The molecular formula is C8H10ClNO4. The van der Waals surface area contributed by atoms with Gasteiger partial charge in [0.05, 0.1) is 18.4 Å². The van der Waals surface area contributed by atoms with Gasteiger partial charge in [0.25, 0.3) is 0 Å². The third-order valence-corrected chi connectivity index (χ3v) is 1.57. The van der Waals surface area contributed by atoms with E-state index in [1.54, 1.807) is 0 Å². The first kappa shape index (κ1) is 12.4. The lowest BCUT2D eigenvalue weighted by Crippen LogP contribution is -1.99. The third-order valence-electron chi connectivity index (χ3n) is 1.57. The number of benzene rings is 1. The van der Waals surface area contributed by atoms with Gasteiger partial charge in [0.1, 0.15) is 0 Å². The van der Waals surface area contributed by atoms with Crippen LogP contribution < -0.4 is 10.5 Å². The number of ether oxygens (including phenoxy) is 1. The Hall–Kier alpha value is -1.62. The van der Waals surface area contributed by atoms with E-state index in [1.807, 2.05) is 0 Å². The summed E-state index contributed by atoms with van der Waals surface area (Å²) in [7, 11) is 1.32. The van der Waals surface area contributed by atoms with Crippen LogP contribution in [0.25, 0.3) is 0 Å². The Bertz CT molecular complexity index is 353. The van der Waals surface area contributed by atoms with Crippen molar-refractivity contribution in [3.05, 3.63) is 17.7 Å². The van der Waals surface area contributed by atoms with E-state index in [1.165, 1.54) is 19.2 Å². The number of anilines is 1. The lowest BCUT2D eigenvalue weighted by atomic mass is 10.2. The number of carbonyl (C=O) groups is 1. The van der Waals surface area contributed by atoms with Crippen molar-refractivity contribution >= 4 is 24.1 Å². The zero-order valence-electron chi connectivity index (χ0n) is 7.35. The Morgan fingerprint density at radius 2 is 2.07 bits per heavy atom. The first-order valence-corrected chi connectivity index (χ1v) is 3.46. The fraction of sp³-hybridized carbons (Fsp3) is 0.125. The second kappa shape index (κ2) is 4.57. The number of phenolic OH excluding ortho intramolecular Hbond substituents is 1. The van der Waals surface area contributed by atoms with Gasteiger partial charge in [0.2, 0.25) is 0 Å². The molecule has 1 rings (SSSR count). The van der Waals surface area contributed by atoms with Crippen LogP contribution in [0, 0.1) is 0 Å². The summed E-state index contributed by atoms with van der Waals surface area (Å²) < 4.78 is 4.72. The summed E-state index contributed by atoms with van der Waals surface area (Å²) in [6.07, 6.45) is 0. The van der Waals surface area contributed by atoms with Gasteiger partial charge in [-0.1, -0.05) is 0 Å². The number of carboxylic acids is 1. The minimum atomic E-state index is -1.12. The molecular weight excluding hydrogens is 210 g/mol. The van der Waals surface area contributed by atoms with Crippen molar-refractivity contribution in [2.45, 2.75) is 0 Å². The van der Waals surface area contributed by atoms with Gasteiger partial charge in [-0.3, -0.25) is 0 Å². The lowest BCUT2D eigenvalue weighted by molar-refractivity contribution is 0.0696. The van der Waals surface area contributed by atoms with Crippen molar-refractivity contribution in [3.8, 4) is 11.5 Å². The van der Waals surface area contributed by atoms with Crippen LogP contribution in [0.15, 0.2) is 12.1 Å². The fourth-order valence-electron chi connectivity index (χ4n) is 0.908. The van der Waals surface area contributed by atoms with Crippen LogP contribution >= 0.6 is 12.4 Å². The Morgan fingerprint density at radius 1 is 1.50 bits per heavy atom. The fourth-order valence-corrected chi connectivity index (χ4v) is 0.908. The number of aromatic carboxylic acids is 1. The van der Waals surface area contributed by atoms with Gasteiger partial charge in [-0.05, 0) is 12.1 Å². The van der Waals surface area contributed by atoms with Gasteiger partial charge >= 0.3 is 5.97 Å². The number of hydrogen-bond donors (Lipinski definition) is 3. The molecule has 14 heavy (non-hydrogen) atoms. The average Bonchev–Trinajstić information content (AvgIpc) is 2.09. The zero-order chi connectivity index (χ0) is 10.0. The molecule has 0 spiro atoms. The first-order chi connectivity index (χ1) is 6.06. The van der Waals surface area contributed by atoms with E-state index in [9.17, 15) is 9.90 Å². The number of nitrogens with two attached hydrogens (primary N) is 1. The molecule has 0 heterocycles.